The molecule has 8 heteroatoms. The first-order chi connectivity index (χ1) is 6.80. The number of alkyl halides is 2. The van der Waals surface area contributed by atoms with Crippen LogP contribution in [0.15, 0.2) is 0 Å². The van der Waals surface area contributed by atoms with Crippen molar-refractivity contribution in [2.45, 2.75) is 28.2 Å². The van der Waals surface area contributed by atoms with E-state index in [1.165, 1.54) is 0 Å². The Labute approximate surface area is 102 Å². The molecule has 0 heterocycles. The number of fused-ring (bicyclic) bond motifs is 2. The lowest BCUT2D eigenvalue weighted by Gasteiger charge is -2.29. The minimum atomic E-state index is -1.15. The second-order valence-corrected chi connectivity index (χ2v) is 6.94. The quantitative estimate of drug-likeness (QED) is 0.332. The van der Waals surface area contributed by atoms with Gasteiger partial charge in [-0.1, -0.05) is 0 Å². The van der Waals surface area contributed by atoms with Crippen molar-refractivity contribution in [2.24, 2.45) is 11.8 Å². The summed E-state index contributed by atoms with van der Waals surface area (Å²) in [5.74, 6) is -0.524. The van der Waals surface area contributed by atoms with E-state index in [0.29, 0.717) is 6.42 Å². The molecule has 0 aliphatic heterocycles. The molecule has 15 heavy (non-hydrogen) atoms. The molecule has 2 aliphatic carbocycles. The third-order valence-corrected chi connectivity index (χ3v) is 6.01. The van der Waals surface area contributed by atoms with E-state index in [1.807, 2.05) is 0 Å². The molecule has 0 aromatic rings. The predicted molar refractivity (Wildman–Crippen MR) is 58.1 cm³/mol. The van der Waals surface area contributed by atoms with Crippen LogP contribution in [0.1, 0.15) is 19.3 Å². The Morgan fingerprint density at radius 2 is 1.33 bits per heavy atom. The van der Waals surface area contributed by atoms with Gasteiger partial charge < -0.3 is 0 Å². The van der Waals surface area contributed by atoms with Gasteiger partial charge in [-0.2, -0.15) is 0 Å². The first-order valence-electron chi connectivity index (χ1n) is 4.47. The van der Waals surface area contributed by atoms with Gasteiger partial charge in [-0.3, -0.25) is 20.2 Å². The first kappa shape index (κ1) is 11.3. The average Bonchev–Trinajstić information content (AvgIpc) is 2.60. The van der Waals surface area contributed by atoms with Crippen molar-refractivity contribution in [3.8, 4) is 0 Å². The Bertz CT molecular complexity index is 320. The van der Waals surface area contributed by atoms with E-state index in [2.05, 4.69) is 31.9 Å². The van der Waals surface area contributed by atoms with Gasteiger partial charge in [0, 0.05) is 66.4 Å². The van der Waals surface area contributed by atoms with E-state index in [1.54, 1.807) is 0 Å². The summed E-state index contributed by atoms with van der Waals surface area (Å²) in [5.41, 5.74) is 0. The maximum absolute atomic E-state index is 10.9. The summed E-state index contributed by atoms with van der Waals surface area (Å²) < 4.78 is -2.30. The maximum Gasteiger partial charge on any atom is 0.278 e. The monoisotopic (exact) mass is 342 g/mol. The van der Waals surface area contributed by atoms with E-state index < -0.39 is 8.90 Å². The van der Waals surface area contributed by atoms with E-state index in [0.717, 1.165) is 0 Å². The average molecular weight is 344 g/mol. The van der Waals surface area contributed by atoms with Crippen molar-refractivity contribution in [3.05, 3.63) is 20.2 Å². The van der Waals surface area contributed by atoms with Gasteiger partial charge in [0.15, 0.2) is 0 Å². The van der Waals surface area contributed by atoms with Crippen molar-refractivity contribution in [3.63, 3.8) is 0 Å². The van der Waals surface area contributed by atoms with Crippen LogP contribution in [0, 0.1) is 32.1 Å². The molecule has 0 aromatic carbocycles. The minimum absolute atomic E-state index is 0.219. The number of nitrogens with zero attached hydrogens (tertiary/aromatic N) is 2. The molecule has 2 unspecified atom stereocenters. The molecule has 0 amide bonds. The molecule has 2 aliphatic rings. The van der Waals surface area contributed by atoms with Gasteiger partial charge in [0.25, 0.3) is 8.90 Å². The summed E-state index contributed by atoms with van der Waals surface area (Å²) in [6.07, 6.45) is 0.978. The zero-order valence-electron chi connectivity index (χ0n) is 7.56. The Balaban J connectivity index is 2.26. The van der Waals surface area contributed by atoms with Crippen LogP contribution in [-0.4, -0.2) is 18.7 Å². The molecule has 0 spiro atoms. The predicted octanol–water partition coefficient (Wildman–Crippen LogP) is 2.15. The highest BCUT2D eigenvalue weighted by molar-refractivity contribution is 9.10. The Hall–Kier alpha value is -0.240. The lowest BCUT2D eigenvalue weighted by Crippen LogP contribution is -2.46. The molecule has 4 atom stereocenters. The third-order valence-electron chi connectivity index (χ3n) is 3.49. The van der Waals surface area contributed by atoms with Crippen LogP contribution in [0.2, 0.25) is 0 Å². The first-order valence-corrected chi connectivity index (χ1v) is 6.06. The SMILES string of the molecule is O=[N+]([O-])C1(Br)C[C@H]2C[C@@H]1CC2(Br)[N+](=O)[O-]. The molecule has 2 rings (SSSR count). The van der Waals surface area contributed by atoms with E-state index in [9.17, 15) is 20.2 Å². The molecule has 0 radical (unpaired) electrons. The van der Waals surface area contributed by atoms with Gasteiger partial charge in [0.2, 0.25) is 0 Å². The lowest BCUT2D eigenvalue weighted by molar-refractivity contribution is -0.571. The molecule has 2 saturated carbocycles. The van der Waals surface area contributed by atoms with Gasteiger partial charge in [0.05, 0.1) is 0 Å². The smallest absolute Gasteiger partial charge is 0.263 e. The van der Waals surface area contributed by atoms with Crippen LogP contribution in [0.25, 0.3) is 0 Å². The highest BCUT2D eigenvalue weighted by Crippen LogP contribution is 2.62. The summed E-state index contributed by atoms with van der Waals surface area (Å²) in [6.45, 7) is 0. The Morgan fingerprint density at radius 3 is 1.53 bits per heavy atom. The normalized spacial score (nSPS) is 48.1. The zero-order valence-corrected chi connectivity index (χ0v) is 10.7. The Morgan fingerprint density at radius 1 is 1.00 bits per heavy atom. The van der Waals surface area contributed by atoms with Gasteiger partial charge in [-0.15, -0.1) is 0 Å². The zero-order chi connectivity index (χ0) is 11.4. The third kappa shape index (κ3) is 1.33. The largest absolute Gasteiger partial charge is 0.278 e. The standard InChI is InChI=1S/C7H8Br2N2O4/c8-6(10(12)13)2-4-1-5(6)3-7(4,9)11(14)15/h4-5H,1-3H2/t4-,5-,6?,7?/m1/s1. The van der Waals surface area contributed by atoms with Crippen LogP contribution in [0.5, 0.6) is 0 Å². The fraction of sp³-hybridized carbons (Fsp3) is 1.00. The molecular formula is C7H8Br2N2O4. The van der Waals surface area contributed by atoms with E-state index in [-0.39, 0.29) is 34.5 Å². The summed E-state index contributed by atoms with van der Waals surface area (Å²) in [7, 11) is 0. The summed E-state index contributed by atoms with van der Waals surface area (Å²) in [4.78, 5) is 21.0. The lowest BCUT2D eigenvalue weighted by atomic mass is 9.92. The van der Waals surface area contributed by atoms with Crippen molar-refractivity contribution >= 4 is 31.9 Å². The van der Waals surface area contributed by atoms with Crippen LogP contribution in [0.3, 0.4) is 0 Å². The molecule has 2 bridgehead atoms. The topological polar surface area (TPSA) is 86.3 Å². The van der Waals surface area contributed by atoms with E-state index in [4.69, 9.17) is 0 Å². The molecule has 84 valence electrons. The van der Waals surface area contributed by atoms with Crippen molar-refractivity contribution in [1.29, 1.82) is 0 Å². The van der Waals surface area contributed by atoms with Crippen molar-refractivity contribution in [1.82, 2.24) is 0 Å². The molecular weight excluding hydrogens is 336 g/mol. The second kappa shape index (κ2) is 3.13. The molecule has 6 nitrogen and oxygen atoms in total. The summed E-state index contributed by atoms with van der Waals surface area (Å²) in [6, 6.07) is 0. The number of hydrogen-bond acceptors (Lipinski definition) is 4. The molecule has 0 aromatic heterocycles. The van der Waals surface area contributed by atoms with Crippen molar-refractivity contribution < 1.29 is 9.85 Å². The number of rotatable bonds is 2. The molecule has 0 saturated heterocycles. The maximum atomic E-state index is 10.9. The van der Waals surface area contributed by atoms with Gasteiger partial charge in [0.1, 0.15) is 0 Å². The fourth-order valence-electron chi connectivity index (χ4n) is 2.66. The van der Waals surface area contributed by atoms with E-state index >= 15 is 0 Å². The number of nitro groups is 2. The van der Waals surface area contributed by atoms with Crippen LogP contribution >= 0.6 is 31.9 Å². The van der Waals surface area contributed by atoms with Gasteiger partial charge in [-0.05, 0) is 6.42 Å². The highest BCUT2D eigenvalue weighted by Gasteiger charge is 2.71. The molecule has 2 fully saturated rings. The van der Waals surface area contributed by atoms with Crippen LogP contribution in [0.4, 0.5) is 0 Å². The van der Waals surface area contributed by atoms with Crippen LogP contribution < -0.4 is 0 Å². The van der Waals surface area contributed by atoms with Gasteiger partial charge in [-0.25, -0.2) is 0 Å². The van der Waals surface area contributed by atoms with Crippen molar-refractivity contribution in [2.75, 3.05) is 0 Å². The Kier molecular flexibility index (Phi) is 2.35. The second-order valence-electron chi connectivity index (χ2n) is 4.19. The number of halogens is 2. The summed E-state index contributed by atoms with van der Waals surface area (Å²) >= 11 is 6.25. The van der Waals surface area contributed by atoms with Crippen LogP contribution in [-0.2, 0) is 0 Å². The summed E-state index contributed by atoms with van der Waals surface area (Å²) in [5, 5.41) is 21.7. The van der Waals surface area contributed by atoms with Gasteiger partial charge >= 0.3 is 0 Å². The number of hydrogen-bond donors (Lipinski definition) is 0. The fourth-order valence-corrected chi connectivity index (χ4v) is 4.13. The minimum Gasteiger partial charge on any atom is -0.263 e. The highest BCUT2D eigenvalue weighted by atomic mass is 79.9. The molecule has 0 N–H and O–H groups in total.